The highest BCUT2D eigenvalue weighted by atomic mass is 16.3. The van der Waals surface area contributed by atoms with Crippen LogP contribution in [-0.2, 0) is 0 Å². The van der Waals surface area contributed by atoms with E-state index in [1.165, 1.54) is 21.8 Å². The van der Waals surface area contributed by atoms with Crippen molar-refractivity contribution in [2.45, 2.75) is 0 Å². The summed E-state index contributed by atoms with van der Waals surface area (Å²) in [6.07, 6.45) is 0. The Morgan fingerprint density at radius 1 is 0.333 bits per heavy atom. The van der Waals surface area contributed by atoms with E-state index >= 15 is 0 Å². The van der Waals surface area contributed by atoms with Gasteiger partial charge in [-0.05, 0) is 76.0 Å². The van der Waals surface area contributed by atoms with Gasteiger partial charge in [0.1, 0.15) is 11.2 Å². The van der Waals surface area contributed by atoms with Crippen LogP contribution in [0.2, 0.25) is 0 Å². The fourth-order valence-electron chi connectivity index (χ4n) is 8.71. The lowest BCUT2D eigenvalue weighted by Crippen LogP contribution is -2.00. The van der Waals surface area contributed by atoms with Crippen LogP contribution in [0.15, 0.2) is 211 Å². The maximum Gasteiger partial charge on any atom is 0.164 e. The van der Waals surface area contributed by atoms with Crippen molar-refractivity contribution in [2.24, 2.45) is 0 Å². The topological polar surface area (TPSA) is 56.7 Å². The van der Waals surface area contributed by atoms with Gasteiger partial charge in [-0.25, -0.2) is 15.0 Å². The van der Waals surface area contributed by atoms with Crippen molar-refractivity contribution < 1.29 is 4.42 Å². The molecular formula is C55H34N4O. The van der Waals surface area contributed by atoms with E-state index in [4.69, 9.17) is 19.4 Å². The molecule has 0 aliphatic heterocycles. The molecular weight excluding hydrogens is 733 g/mol. The largest absolute Gasteiger partial charge is 0.455 e. The van der Waals surface area contributed by atoms with Crippen LogP contribution < -0.4 is 0 Å². The zero-order valence-electron chi connectivity index (χ0n) is 32.3. The zero-order chi connectivity index (χ0) is 39.6. The predicted octanol–water partition coefficient (Wildman–Crippen LogP) is 14.4. The van der Waals surface area contributed by atoms with Crippen molar-refractivity contribution in [2.75, 3.05) is 0 Å². The predicted molar refractivity (Wildman–Crippen MR) is 246 cm³/mol. The summed E-state index contributed by atoms with van der Waals surface area (Å²) in [5.74, 6) is 1.92. The summed E-state index contributed by atoms with van der Waals surface area (Å²) in [6, 6.07) is 72.2. The highest BCUT2D eigenvalue weighted by molar-refractivity contribution is 6.13. The van der Waals surface area contributed by atoms with Crippen molar-refractivity contribution in [3.8, 4) is 62.1 Å². The number of nitrogens with zero attached hydrogens (tertiary/aromatic N) is 4. The van der Waals surface area contributed by atoms with Gasteiger partial charge in [-0.15, -0.1) is 0 Å². The van der Waals surface area contributed by atoms with Gasteiger partial charge in [0, 0.05) is 49.5 Å². The van der Waals surface area contributed by atoms with Gasteiger partial charge in [0.05, 0.1) is 11.0 Å². The van der Waals surface area contributed by atoms with E-state index in [0.717, 1.165) is 77.3 Å². The molecule has 0 aliphatic carbocycles. The van der Waals surface area contributed by atoms with E-state index in [0.29, 0.717) is 17.5 Å². The molecule has 60 heavy (non-hydrogen) atoms. The van der Waals surface area contributed by atoms with Crippen LogP contribution in [0.4, 0.5) is 0 Å². The average molecular weight is 767 g/mol. The van der Waals surface area contributed by atoms with Crippen LogP contribution in [0.25, 0.3) is 117 Å². The first kappa shape index (κ1) is 33.9. The lowest BCUT2D eigenvalue weighted by molar-refractivity contribution is 0.670. The van der Waals surface area contributed by atoms with Crippen LogP contribution in [-0.4, -0.2) is 19.5 Å². The Balaban J connectivity index is 0.988. The molecule has 0 spiro atoms. The number of rotatable bonds is 6. The van der Waals surface area contributed by atoms with Gasteiger partial charge in [0.2, 0.25) is 0 Å². The first-order chi connectivity index (χ1) is 29.7. The number of hydrogen-bond donors (Lipinski definition) is 0. The monoisotopic (exact) mass is 766 g/mol. The first-order valence-electron chi connectivity index (χ1n) is 20.2. The summed E-state index contributed by atoms with van der Waals surface area (Å²) in [7, 11) is 0. The molecule has 0 saturated carbocycles. The van der Waals surface area contributed by atoms with E-state index in [1.807, 2.05) is 60.7 Å². The second-order valence-electron chi connectivity index (χ2n) is 15.2. The minimum Gasteiger partial charge on any atom is -0.455 e. The molecule has 0 saturated heterocycles. The maximum atomic E-state index is 6.88. The second kappa shape index (κ2) is 13.8. The summed E-state index contributed by atoms with van der Waals surface area (Å²) in [5, 5.41) is 6.87. The van der Waals surface area contributed by atoms with Gasteiger partial charge in [-0.3, -0.25) is 0 Å². The van der Waals surface area contributed by atoms with Crippen LogP contribution in [0.1, 0.15) is 0 Å². The fraction of sp³-hybridized carbons (Fsp3) is 0. The average Bonchev–Trinajstić information content (AvgIpc) is 3.87. The Kier molecular flexibility index (Phi) is 7.78. The van der Waals surface area contributed by atoms with Gasteiger partial charge in [0.15, 0.2) is 17.5 Å². The molecule has 0 aliphatic rings. The fourth-order valence-corrected chi connectivity index (χ4v) is 8.71. The molecule has 12 aromatic rings. The minimum absolute atomic E-state index is 0.633. The van der Waals surface area contributed by atoms with E-state index in [-0.39, 0.29) is 0 Å². The number of fused-ring (bicyclic) bond motifs is 7. The Bertz CT molecular complexity index is 3480. The van der Waals surface area contributed by atoms with Crippen LogP contribution in [0.3, 0.4) is 0 Å². The number of para-hydroxylation sites is 2. The van der Waals surface area contributed by atoms with Crippen LogP contribution in [0.5, 0.6) is 0 Å². The van der Waals surface area contributed by atoms with E-state index in [9.17, 15) is 0 Å². The molecule has 0 unspecified atom stereocenters. The molecule has 9 aromatic carbocycles. The first-order valence-corrected chi connectivity index (χ1v) is 20.2. The van der Waals surface area contributed by atoms with Crippen molar-refractivity contribution in [3.05, 3.63) is 206 Å². The highest BCUT2D eigenvalue weighted by Crippen LogP contribution is 2.42. The van der Waals surface area contributed by atoms with Crippen molar-refractivity contribution in [1.82, 2.24) is 19.5 Å². The number of furan rings is 1. The Morgan fingerprint density at radius 3 is 1.47 bits per heavy atom. The highest BCUT2D eigenvalue weighted by Gasteiger charge is 2.19. The molecule has 5 nitrogen and oxygen atoms in total. The Hall–Kier alpha value is -8.15. The Morgan fingerprint density at radius 2 is 0.833 bits per heavy atom. The molecule has 3 heterocycles. The molecule has 0 fully saturated rings. The van der Waals surface area contributed by atoms with Gasteiger partial charge in [0.25, 0.3) is 0 Å². The number of hydrogen-bond acceptors (Lipinski definition) is 4. The third-order valence-electron chi connectivity index (χ3n) is 11.6. The van der Waals surface area contributed by atoms with Crippen LogP contribution >= 0.6 is 0 Å². The summed E-state index contributed by atoms with van der Waals surface area (Å²) in [6.45, 7) is 0. The standard InChI is InChI=1S/C55H34N4O/c1-4-14-36(15-5-1)47-33-43(59-49-22-12-10-20-44(49)45-21-11-13-23-50(45)59)34-48-46-29-28-40(32-51(46)60-52(47)48)39-26-24-35-25-27-41(31-42(35)30-39)55-57-53(37-16-6-2-7-17-37)56-54(58-55)38-18-8-3-9-19-38/h1-34H. The van der Waals surface area contributed by atoms with Gasteiger partial charge in [-0.2, -0.15) is 0 Å². The van der Waals surface area contributed by atoms with E-state index in [2.05, 4.69) is 150 Å². The molecule has 5 heteroatoms. The molecule has 0 atom stereocenters. The quantitative estimate of drug-likeness (QED) is 0.169. The van der Waals surface area contributed by atoms with Gasteiger partial charge >= 0.3 is 0 Å². The Labute approximate surface area is 345 Å². The summed E-state index contributed by atoms with van der Waals surface area (Å²) >= 11 is 0. The third-order valence-corrected chi connectivity index (χ3v) is 11.6. The zero-order valence-corrected chi connectivity index (χ0v) is 32.3. The number of benzene rings is 9. The molecule has 280 valence electrons. The molecule has 12 rings (SSSR count). The maximum absolute atomic E-state index is 6.88. The van der Waals surface area contributed by atoms with Gasteiger partial charge in [-0.1, -0.05) is 158 Å². The minimum atomic E-state index is 0.633. The molecule has 0 amide bonds. The summed E-state index contributed by atoms with van der Waals surface area (Å²) < 4.78 is 9.26. The lowest BCUT2D eigenvalue weighted by atomic mass is 9.98. The van der Waals surface area contributed by atoms with Crippen molar-refractivity contribution >= 4 is 54.5 Å². The number of aromatic nitrogens is 4. The SMILES string of the molecule is c1ccc(-c2nc(-c3ccccc3)nc(-c3ccc4ccc(-c5ccc6c(c5)oc5c(-c7ccccc7)cc(-n7c8ccccc8c8ccccc87)cc56)cc4c3)n2)cc1. The lowest BCUT2D eigenvalue weighted by Gasteiger charge is -2.11. The third kappa shape index (κ3) is 5.67. The van der Waals surface area contributed by atoms with E-state index < -0.39 is 0 Å². The van der Waals surface area contributed by atoms with Crippen molar-refractivity contribution in [1.29, 1.82) is 0 Å². The molecule has 0 N–H and O–H groups in total. The molecule has 0 radical (unpaired) electrons. The smallest absolute Gasteiger partial charge is 0.164 e. The van der Waals surface area contributed by atoms with Crippen molar-refractivity contribution in [3.63, 3.8) is 0 Å². The summed E-state index contributed by atoms with van der Waals surface area (Å²) in [5.41, 5.74) is 12.3. The molecule has 0 bridgehead atoms. The normalized spacial score (nSPS) is 11.7. The summed E-state index contributed by atoms with van der Waals surface area (Å²) in [4.78, 5) is 14.9. The second-order valence-corrected chi connectivity index (χ2v) is 15.2. The molecule has 3 aromatic heterocycles. The van der Waals surface area contributed by atoms with E-state index in [1.54, 1.807) is 0 Å². The van der Waals surface area contributed by atoms with Gasteiger partial charge < -0.3 is 8.98 Å². The van der Waals surface area contributed by atoms with Crippen LogP contribution in [0, 0.1) is 0 Å².